The molecule has 8 heteroatoms. The topological polar surface area (TPSA) is 95.7 Å². The van der Waals surface area contributed by atoms with Gasteiger partial charge >= 0.3 is 5.69 Å². The second kappa shape index (κ2) is 7.77. The van der Waals surface area contributed by atoms with Crippen LogP contribution >= 0.6 is 12.2 Å². The van der Waals surface area contributed by atoms with Gasteiger partial charge in [-0.05, 0) is 37.7 Å². The number of carbonyl (C=O) groups excluding carboxylic acids is 1. The van der Waals surface area contributed by atoms with Gasteiger partial charge in [0.15, 0.2) is 16.6 Å². The lowest BCUT2D eigenvalue weighted by atomic mass is 9.89. The van der Waals surface area contributed by atoms with Crippen LogP contribution in [0.1, 0.15) is 35.8 Å². The standard InChI is InChI=1S/C20H19N3O4S/c1-3-22-12(2)17(19(25)13-7-5-4-6-8-13)18(21-20(22)28)14-9-10-16(24)15(11-14)23(26)27/h4-11,18,24H,3H2,1-2H3,(H,21,28). The molecule has 0 radical (unpaired) electrons. The van der Waals surface area contributed by atoms with Crippen LogP contribution in [0, 0.1) is 10.1 Å². The highest BCUT2D eigenvalue weighted by Gasteiger charge is 2.34. The van der Waals surface area contributed by atoms with E-state index in [2.05, 4.69) is 5.32 Å². The first-order chi connectivity index (χ1) is 13.3. The largest absolute Gasteiger partial charge is 0.502 e. The van der Waals surface area contributed by atoms with Gasteiger partial charge in [-0.2, -0.15) is 0 Å². The number of thiocarbonyl (C=S) groups is 1. The molecular formula is C20H19N3O4S. The molecule has 0 aliphatic carbocycles. The summed E-state index contributed by atoms with van der Waals surface area (Å²) in [7, 11) is 0. The first-order valence-corrected chi connectivity index (χ1v) is 9.11. The number of allylic oxidation sites excluding steroid dienone is 1. The number of aromatic hydroxyl groups is 1. The predicted molar refractivity (Wildman–Crippen MR) is 109 cm³/mol. The van der Waals surface area contributed by atoms with Crippen molar-refractivity contribution in [3.8, 4) is 5.75 Å². The summed E-state index contributed by atoms with van der Waals surface area (Å²) in [6, 6.07) is 12.2. The normalized spacial score (nSPS) is 16.7. The Morgan fingerprint density at radius 1 is 1.29 bits per heavy atom. The lowest BCUT2D eigenvalue weighted by molar-refractivity contribution is -0.385. The lowest BCUT2D eigenvalue weighted by Crippen LogP contribution is -2.47. The van der Waals surface area contributed by atoms with E-state index in [1.165, 1.54) is 12.1 Å². The summed E-state index contributed by atoms with van der Waals surface area (Å²) >= 11 is 5.43. The van der Waals surface area contributed by atoms with Gasteiger partial charge in [0.1, 0.15) is 0 Å². The Labute approximate surface area is 167 Å². The smallest absolute Gasteiger partial charge is 0.311 e. The molecule has 0 saturated carbocycles. The maximum absolute atomic E-state index is 13.3. The first-order valence-electron chi connectivity index (χ1n) is 8.71. The molecule has 1 aliphatic rings. The summed E-state index contributed by atoms with van der Waals surface area (Å²) in [5.74, 6) is -0.619. The molecular weight excluding hydrogens is 378 g/mol. The number of nitro groups is 1. The van der Waals surface area contributed by atoms with E-state index in [9.17, 15) is 20.0 Å². The monoisotopic (exact) mass is 397 g/mol. The van der Waals surface area contributed by atoms with Gasteiger partial charge in [0.25, 0.3) is 0 Å². The average Bonchev–Trinajstić information content (AvgIpc) is 2.68. The van der Waals surface area contributed by atoms with Crippen molar-refractivity contribution in [3.05, 3.63) is 81.0 Å². The molecule has 0 bridgehead atoms. The fourth-order valence-corrected chi connectivity index (χ4v) is 3.70. The Bertz CT molecular complexity index is 988. The van der Waals surface area contributed by atoms with Crippen molar-refractivity contribution >= 4 is 28.8 Å². The zero-order valence-electron chi connectivity index (χ0n) is 15.4. The number of hydrogen-bond acceptors (Lipinski definition) is 5. The summed E-state index contributed by atoms with van der Waals surface area (Å²) in [6.45, 7) is 4.31. The molecule has 28 heavy (non-hydrogen) atoms. The molecule has 2 aromatic rings. The molecule has 1 aliphatic heterocycles. The van der Waals surface area contributed by atoms with Crippen molar-refractivity contribution in [1.29, 1.82) is 0 Å². The number of carbonyl (C=O) groups is 1. The van der Waals surface area contributed by atoms with Crippen LogP contribution in [0.15, 0.2) is 59.8 Å². The Morgan fingerprint density at radius 3 is 2.57 bits per heavy atom. The van der Waals surface area contributed by atoms with Crippen LogP contribution in [-0.4, -0.2) is 32.4 Å². The van der Waals surface area contributed by atoms with Crippen LogP contribution in [0.2, 0.25) is 0 Å². The van der Waals surface area contributed by atoms with Gasteiger partial charge in [0.2, 0.25) is 0 Å². The van der Waals surface area contributed by atoms with Crippen LogP contribution in [0.25, 0.3) is 0 Å². The van der Waals surface area contributed by atoms with Gasteiger partial charge in [0.05, 0.1) is 11.0 Å². The lowest BCUT2D eigenvalue weighted by Gasteiger charge is -2.37. The second-order valence-electron chi connectivity index (χ2n) is 6.33. The van der Waals surface area contributed by atoms with Gasteiger partial charge in [-0.3, -0.25) is 14.9 Å². The van der Waals surface area contributed by atoms with Gasteiger partial charge in [0, 0.05) is 29.4 Å². The average molecular weight is 397 g/mol. The second-order valence-corrected chi connectivity index (χ2v) is 6.71. The fourth-order valence-electron chi connectivity index (χ4n) is 3.32. The molecule has 0 aromatic heterocycles. The van der Waals surface area contributed by atoms with Crippen molar-refractivity contribution in [3.63, 3.8) is 0 Å². The Hall–Kier alpha value is -3.26. The molecule has 0 saturated heterocycles. The number of ketones is 1. The maximum atomic E-state index is 13.3. The molecule has 144 valence electrons. The number of phenolic OH excluding ortho intramolecular Hbond substituents is 1. The molecule has 1 unspecified atom stereocenters. The number of benzene rings is 2. The van der Waals surface area contributed by atoms with Crippen LogP contribution in [0.5, 0.6) is 5.75 Å². The third-order valence-electron chi connectivity index (χ3n) is 4.72. The highest BCUT2D eigenvalue weighted by Crippen LogP contribution is 2.36. The zero-order chi connectivity index (χ0) is 20.4. The number of nitrogens with zero attached hydrogens (tertiary/aromatic N) is 2. The van der Waals surface area contributed by atoms with Crippen LogP contribution in [0.4, 0.5) is 5.69 Å². The van der Waals surface area contributed by atoms with E-state index < -0.39 is 22.4 Å². The van der Waals surface area contributed by atoms with E-state index >= 15 is 0 Å². The van der Waals surface area contributed by atoms with E-state index in [0.29, 0.717) is 34.1 Å². The maximum Gasteiger partial charge on any atom is 0.311 e. The highest BCUT2D eigenvalue weighted by atomic mass is 32.1. The van der Waals surface area contributed by atoms with E-state index in [4.69, 9.17) is 12.2 Å². The summed E-state index contributed by atoms with van der Waals surface area (Å²) < 4.78 is 0. The Morgan fingerprint density at radius 2 is 1.96 bits per heavy atom. The van der Waals surface area contributed by atoms with E-state index in [0.717, 1.165) is 0 Å². The number of Topliss-reactive ketones (excluding diaryl/α,β-unsaturated/α-hetero) is 1. The number of hydrogen-bond donors (Lipinski definition) is 2. The van der Waals surface area contributed by atoms with Gasteiger partial charge in [-0.1, -0.05) is 36.4 Å². The van der Waals surface area contributed by atoms with Crippen molar-refractivity contribution in [2.45, 2.75) is 19.9 Å². The van der Waals surface area contributed by atoms with Crippen molar-refractivity contribution in [1.82, 2.24) is 10.2 Å². The number of nitrogens with one attached hydrogen (secondary N) is 1. The molecule has 2 aromatic carbocycles. The zero-order valence-corrected chi connectivity index (χ0v) is 16.2. The summed E-state index contributed by atoms with van der Waals surface area (Å²) in [4.78, 5) is 25.7. The van der Waals surface area contributed by atoms with Crippen LogP contribution in [-0.2, 0) is 0 Å². The minimum Gasteiger partial charge on any atom is -0.502 e. The van der Waals surface area contributed by atoms with Gasteiger partial charge < -0.3 is 15.3 Å². The van der Waals surface area contributed by atoms with Crippen molar-refractivity contribution in [2.24, 2.45) is 0 Å². The molecule has 0 fully saturated rings. The molecule has 1 heterocycles. The molecule has 0 amide bonds. The van der Waals surface area contributed by atoms with E-state index in [1.54, 1.807) is 30.3 Å². The molecule has 1 atom stereocenters. The minimum atomic E-state index is -0.665. The quantitative estimate of drug-likeness (QED) is 0.344. The van der Waals surface area contributed by atoms with E-state index in [1.807, 2.05) is 24.8 Å². The van der Waals surface area contributed by atoms with Gasteiger partial charge in [-0.15, -0.1) is 0 Å². The van der Waals surface area contributed by atoms with E-state index in [-0.39, 0.29) is 5.78 Å². The third kappa shape index (κ3) is 3.46. The van der Waals surface area contributed by atoms with Gasteiger partial charge in [-0.25, -0.2) is 0 Å². The number of nitro benzene ring substituents is 1. The minimum absolute atomic E-state index is 0.188. The fraction of sp³-hybridized carbons (Fsp3) is 0.200. The Kier molecular flexibility index (Phi) is 5.41. The first kappa shape index (κ1) is 19.5. The molecule has 2 N–H and O–H groups in total. The van der Waals surface area contributed by atoms with Crippen molar-refractivity contribution < 1.29 is 14.8 Å². The number of rotatable bonds is 5. The summed E-state index contributed by atoms with van der Waals surface area (Å²) in [5, 5.41) is 24.6. The molecule has 3 rings (SSSR count). The predicted octanol–water partition coefficient (Wildman–Crippen LogP) is 3.71. The van der Waals surface area contributed by atoms with Crippen LogP contribution < -0.4 is 5.32 Å². The summed E-state index contributed by atoms with van der Waals surface area (Å²) in [6.07, 6.45) is 0. The SMILES string of the molecule is CCN1C(=S)NC(c2ccc(O)c([N+](=O)[O-])c2)C(C(=O)c2ccccc2)=C1C. The molecule has 0 spiro atoms. The third-order valence-corrected chi connectivity index (χ3v) is 5.06. The number of phenols is 1. The highest BCUT2D eigenvalue weighted by molar-refractivity contribution is 7.80. The van der Waals surface area contributed by atoms with Crippen LogP contribution in [0.3, 0.4) is 0 Å². The summed E-state index contributed by atoms with van der Waals surface area (Å²) in [5.41, 5.74) is 1.72. The Balaban J connectivity index is 2.17. The van der Waals surface area contributed by atoms with Crippen molar-refractivity contribution in [2.75, 3.05) is 6.54 Å². The molecule has 7 nitrogen and oxygen atoms in total.